The molecule has 0 atom stereocenters. The highest BCUT2D eigenvalue weighted by atomic mass is 16.5. The molecule has 0 aliphatic heterocycles. The molecule has 2 rings (SSSR count). The van der Waals surface area contributed by atoms with Crippen LogP contribution in [0.4, 0.5) is 5.69 Å². The number of hydrogen-bond acceptors (Lipinski definition) is 3. The van der Waals surface area contributed by atoms with E-state index >= 15 is 0 Å². The first-order valence-corrected chi connectivity index (χ1v) is 6.14. The molecule has 18 heavy (non-hydrogen) atoms. The van der Waals surface area contributed by atoms with Gasteiger partial charge in [0.25, 0.3) is 0 Å². The number of nitrogen functional groups attached to an aromatic ring is 1. The van der Waals surface area contributed by atoms with Gasteiger partial charge in [-0.05, 0) is 30.0 Å². The van der Waals surface area contributed by atoms with E-state index in [4.69, 9.17) is 10.5 Å². The molecular formula is C14H19N3O. The maximum absolute atomic E-state index is 5.86. The molecule has 0 saturated heterocycles. The van der Waals surface area contributed by atoms with Crippen LogP contribution in [-0.2, 0) is 24.6 Å². The lowest BCUT2D eigenvalue weighted by Crippen LogP contribution is -2.04. The number of anilines is 1. The number of nitrogens with zero attached hydrogens (tertiary/aromatic N) is 2. The zero-order valence-corrected chi connectivity index (χ0v) is 10.7. The van der Waals surface area contributed by atoms with Gasteiger partial charge in [-0.15, -0.1) is 0 Å². The van der Waals surface area contributed by atoms with Crippen LogP contribution in [0.25, 0.3) is 0 Å². The quantitative estimate of drug-likeness (QED) is 0.623. The van der Waals surface area contributed by atoms with Gasteiger partial charge in [0, 0.05) is 18.9 Å². The number of para-hydroxylation sites is 1. The van der Waals surface area contributed by atoms with Crippen molar-refractivity contribution in [3.63, 3.8) is 0 Å². The van der Waals surface area contributed by atoms with Crippen molar-refractivity contribution in [3.05, 3.63) is 47.8 Å². The monoisotopic (exact) mass is 245 g/mol. The van der Waals surface area contributed by atoms with Crippen molar-refractivity contribution in [2.45, 2.75) is 12.8 Å². The van der Waals surface area contributed by atoms with E-state index in [1.54, 1.807) is 4.68 Å². The van der Waals surface area contributed by atoms with Gasteiger partial charge in [-0.25, -0.2) is 0 Å². The van der Waals surface area contributed by atoms with Gasteiger partial charge in [-0.3, -0.25) is 4.68 Å². The molecule has 1 aromatic carbocycles. The molecular weight excluding hydrogens is 226 g/mol. The van der Waals surface area contributed by atoms with Gasteiger partial charge in [0.1, 0.15) is 0 Å². The molecule has 4 nitrogen and oxygen atoms in total. The molecule has 0 fully saturated rings. The molecule has 0 radical (unpaired) electrons. The number of aryl methyl sites for hydroxylation is 1. The van der Waals surface area contributed by atoms with E-state index in [2.05, 4.69) is 5.10 Å². The maximum Gasteiger partial charge on any atom is 0.0522 e. The number of benzene rings is 1. The Morgan fingerprint density at radius 3 is 2.72 bits per heavy atom. The summed E-state index contributed by atoms with van der Waals surface area (Å²) in [5, 5.41) is 4.12. The van der Waals surface area contributed by atoms with Gasteiger partial charge < -0.3 is 10.5 Å². The Hall–Kier alpha value is -1.81. The lowest BCUT2D eigenvalue weighted by Gasteiger charge is -2.06. The minimum Gasteiger partial charge on any atom is -0.399 e. The molecule has 4 heteroatoms. The van der Waals surface area contributed by atoms with Crippen LogP contribution in [0.3, 0.4) is 0 Å². The van der Waals surface area contributed by atoms with Crippen LogP contribution in [0.15, 0.2) is 36.7 Å². The number of ether oxygens (including phenoxy) is 1. The lowest BCUT2D eigenvalue weighted by atomic mass is 10.1. The normalized spacial score (nSPS) is 10.7. The molecule has 2 N–H and O–H groups in total. The first-order chi connectivity index (χ1) is 8.75. The number of hydrogen-bond donors (Lipinski definition) is 1. The molecule has 0 aliphatic rings. The van der Waals surface area contributed by atoms with Crippen LogP contribution in [-0.4, -0.2) is 23.0 Å². The number of rotatable bonds is 6. The Morgan fingerprint density at radius 1 is 1.22 bits per heavy atom. The van der Waals surface area contributed by atoms with Crippen molar-refractivity contribution in [2.75, 3.05) is 18.9 Å². The highest BCUT2D eigenvalue weighted by Crippen LogP contribution is 2.11. The van der Waals surface area contributed by atoms with Crippen molar-refractivity contribution in [3.8, 4) is 0 Å². The van der Waals surface area contributed by atoms with Crippen molar-refractivity contribution in [2.24, 2.45) is 7.05 Å². The third-order valence-electron chi connectivity index (χ3n) is 2.86. The van der Waals surface area contributed by atoms with E-state index in [0.717, 1.165) is 30.7 Å². The van der Waals surface area contributed by atoms with Crippen molar-refractivity contribution >= 4 is 5.69 Å². The summed E-state index contributed by atoms with van der Waals surface area (Å²) < 4.78 is 7.42. The molecule has 1 aromatic heterocycles. The van der Waals surface area contributed by atoms with Gasteiger partial charge in [0.2, 0.25) is 0 Å². The molecule has 1 heterocycles. The van der Waals surface area contributed by atoms with Crippen molar-refractivity contribution in [1.29, 1.82) is 0 Å². The maximum atomic E-state index is 5.86. The first-order valence-electron chi connectivity index (χ1n) is 6.14. The van der Waals surface area contributed by atoms with Crippen molar-refractivity contribution < 1.29 is 4.74 Å². The number of nitrogens with two attached hydrogens (primary N) is 1. The summed E-state index contributed by atoms with van der Waals surface area (Å²) in [5.74, 6) is 0. The predicted octanol–water partition coefficient (Wildman–Crippen LogP) is 1.80. The summed E-state index contributed by atoms with van der Waals surface area (Å²) in [6.45, 7) is 1.42. The summed E-state index contributed by atoms with van der Waals surface area (Å²) >= 11 is 0. The first kappa shape index (κ1) is 12.6. The summed E-state index contributed by atoms with van der Waals surface area (Å²) in [7, 11) is 1.92. The molecule has 0 aliphatic carbocycles. The van der Waals surface area contributed by atoms with Crippen LogP contribution < -0.4 is 5.73 Å². The van der Waals surface area contributed by atoms with Gasteiger partial charge >= 0.3 is 0 Å². The molecule has 2 aromatic rings. The fraction of sp³-hybridized carbons (Fsp3) is 0.357. The molecule has 0 saturated carbocycles. The lowest BCUT2D eigenvalue weighted by molar-refractivity contribution is 0.140. The second-order valence-electron chi connectivity index (χ2n) is 4.33. The fourth-order valence-electron chi connectivity index (χ4n) is 1.84. The Balaban J connectivity index is 1.66. The van der Waals surface area contributed by atoms with Gasteiger partial charge in [-0.2, -0.15) is 5.10 Å². The molecule has 0 amide bonds. The smallest absolute Gasteiger partial charge is 0.0522 e. The Bertz CT molecular complexity index is 493. The molecule has 0 unspecified atom stereocenters. The topological polar surface area (TPSA) is 53.1 Å². The summed E-state index contributed by atoms with van der Waals surface area (Å²) in [6, 6.07) is 7.91. The van der Waals surface area contributed by atoms with E-state index in [0.29, 0.717) is 6.61 Å². The van der Waals surface area contributed by atoms with Crippen LogP contribution in [0.5, 0.6) is 0 Å². The van der Waals surface area contributed by atoms with E-state index < -0.39 is 0 Å². The zero-order chi connectivity index (χ0) is 12.8. The fourth-order valence-corrected chi connectivity index (χ4v) is 1.84. The van der Waals surface area contributed by atoms with Crippen LogP contribution in [0, 0.1) is 0 Å². The van der Waals surface area contributed by atoms with Crippen LogP contribution in [0.1, 0.15) is 11.1 Å². The highest BCUT2D eigenvalue weighted by molar-refractivity contribution is 5.46. The second kappa shape index (κ2) is 6.21. The Labute approximate surface area is 107 Å². The van der Waals surface area contributed by atoms with Crippen LogP contribution in [0.2, 0.25) is 0 Å². The van der Waals surface area contributed by atoms with Crippen LogP contribution >= 0.6 is 0 Å². The largest absolute Gasteiger partial charge is 0.399 e. The predicted molar refractivity (Wildman–Crippen MR) is 72.3 cm³/mol. The third-order valence-corrected chi connectivity index (χ3v) is 2.86. The second-order valence-corrected chi connectivity index (χ2v) is 4.33. The van der Waals surface area contributed by atoms with Gasteiger partial charge in [-0.1, -0.05) is 18.2 Å². The van der Waals surface area contributed by atoms with E-state index in [-0.39, 0.29) is 0 Å². The highest BCUT2D eigenvalue weighted by Gasteiger charge is 1.99. The third kappa shape index (κ3) is 3.60. The van der Waals surface area contributed by atoms with E-state index in [1.807, 2.05) is 43.7 Å². The minimum atomic E-state index is 0.703. The Kier molecular flexibility index (Phi) is 4.36. The summed E-state index contributed by atoms with van der Waals surface area (Å²) in [5.41, 5.74) is 9.06. The Morgan fingerprint density at radius 2 is 2.00 bits per heavy atom. The zero-order valence-electron chi connectivity index (χ0n) is 10.7. The summed E-state index contributed by atoms with van der Waals surface area (Å²) in [6.07, 6.45) is 5.65. The molecule has 96 valence electrons. The molecule has 0 spiro atoms. The average Bonchev–Trinajstić information content (AvgIpc) is 2.77. The minimum absolute atomic E-state index is 0.703. The number of aromatic nitrogens is 2. The SMILES string of the molecule is Cn1cc(CCOCCc2ccccc2N)cn1. The molecule has 0 bridgehead atoms. The average molecular weight is 245 g/mol. The van der Waals surface area contributed by atoms with E-state index in [1.165, 1.54) is 5.56 Å². The van der Waals surface area contributed by atoms with Gasteiger partial charge in [0.05, 0.1) is 19.4 Å². The van der Waals surface area contributed by atoms with Crippen molar-refractivity contribution in [1.82, 2.24) is 9.78 Å². The standard InChI is InChI=1S/C14H19N3O/c1-17-11-12(10-16-17)6-8-18-9-7-13-4-2-3-5-14(13)15/h2-5,10-11H,6-9,15H2,1H3. The van der Waals surface area contributed by atoms with E-state index in [9.17, 15) is 0 Å². The summed E-state index contributed by atoms with van der Waals surface area (Å²) in [4.78, 5) is 0. The van der Waals surface area contributed by atoms with Gasteiger partial charge in [0.15, 0.2) is 0 Å².